The van der Waals surface area contributed by atoms with Crippen LogP contribution in [-0.2, 0) is 32.6 Å². The number of halogens is 3. The normalized spacial score (nSPS) is 12.6. The number of aliphatic imine (C=N–C) groups is 2. The van der Waals surface area contributed by atoms with E-state index >= 15 is 0 Å². The van der Waals surface area contributed by atoms with Gasteiger partial charge in [0.1, 0.15) is 11.5 Å². The molecule has 3 aromatic rings. The molecule has 1 atom stereocenters. The summed E-state index contributed by atoms with van der Waals surface area (Å²) in [5, 5.41) is 0. The number of alkyl halides is 3. The van der Waals surface area contributed by atoms with E-state index in [-0.39, 0.29) is 24.5 Å². The molecule has 190 valence electrons. The largest absolute Gasteiger partial charge is 2.00 e. The summed E-state index contributed by atoms with van der Waals surface area (Å²) in [5.74, 6) is 1.52. The monoisotopic (exact) mass is 550 g/mol. The fourth-order valence-electron chi connectivity index (χ4n) is 2.65. The van der Waals surface area contributed by atoms with Crippen LogP contribution in [0, 0.1) is 21.3 Å². The van der Waals surface area contributed by atoms with Crippen LogP contribution in [0.4, 0.5) is 24.5 Å². The number of aryl methyl sites for hydroxylation is 2. The zero-order chi connectivity index (χ0) is 24.6. The third-order valence-electron chi connectivity index (χ3n) is 4.29. The summed E-state index contributed by atoms with van der Waals surface area (Å²) in [5.41, 5.74) is 5.91. The summed E-state index contributed by atoms with van der Waals surface area (Å²) in [6, 6.07) is 20.0. The van der Waals surface area contributed by atoms with Crippen LogP contribution in [0.15, 0.2) is 75.1 Å². The van der Waals surface area contributed by atoms with Gasteiger partial charge in [-0.1, -0.05) is 36.4 Å². The number of benzene rings is 2. The van der Waals surface area contributed by atoms with Gasteiger partial charge < -0.3 is 16.4 Å². The molecule has 1 heterocycles. The van der Waals surface area contributed by atoms with Gasteiger partial charge in [0.05, 0.1) is 34.2 Å². The van der Waals surface area contributed by atoms with Crippen molar-refractivity contribution in [2.75, 3.05) is 0 Å². The zero-order valence-corrected chi connectivity index (χ0v) is 21.6. The minimum absolute atomic E-state index is 0. The molecule has 0 fully saturated rings. The van der Waals surface area contributed by atoms with Crippen molar-refractivity contribution in [3.05, 3.63) is 90.7 Å². The van der Waals surface area contributed by atoms with Gasteiger partial charge in [-0.15, -0.1) is 13.2 Å². The van der Waals surface area contributed by atoms with Crippen molar-refractivity contribution >= 4 is 34.2 Å². The molecule has 0 bridgehead atoms. The number of rotatable bonds is 5. The van der Waals surface area contributed by atoms with Gasteiger partial charge in [0.15, 0.2) is 0 Å². The minimum atomic E-state index is -5.09. The summed E-state index contributed by atoms with van der Waals surface area (Å²) in [6.07, 6.45) is -5.09. The molecule has 35 heavy (non-hydrogen) atoms. The number of para-hydroxylation sites is 2. The van der Waals surface area contributed by atoms with Gasteiger partial charge in [-0.2, -0.15) is 0 Å². The summed E-state index contributed by atoms with van der Waals surface area (Å²) >= 11 is -3.51. The summed E-state index contributed by atoms with van der Waals surface area (Å²) < 4.78 is 58.5. The van der Waals surface area contributed by atoms with Gasteiger partial charge in [-0.25, -0.2) is 18.4 Å². The molecule has 3 rings (SSSR count). The minimum Gasteiger partial charge on any atom is -0.750 e. The molecule has 0 saturated carbocycles. The Morgan fingerprint density at radius 3 is 1.51 bits per heavy atom. The van der Waals surface area contributed by atoms with Gasteiger partial charge >= 0.3 is 23.4 Å². The van der Waals surface area contributed by atoms with Crippen LogP contribution >= 0.6 is 0 Å². The fourth-order valence-corrected chi connectivity index (χ4v) is 2.81. The molecule has 0 saturated heterocycles. The Kier molecular flexibility index (Phi) is 13.7. The van der Waals surface area contributed by atoms with Gasteiger partial charge in [0, 0.05) is 0 Å². The van der Waals surface area contributed by atoms with Crippen molar-refractivity contribution in [1.82, 2.24) is 0 Å². The first-order valence-electron chi connectivity index (χ1n) is 9.64. The standard InChI is InChI=1S/C22H22N2O.CHF3O3S.CH3.Fe/c1-15-9-5-7-11-19(15)23-17(3)21-13-14-22(25-21)18(4)24-20-12-8-6-10-16(20)2;2-1(3,4)7-8(5)6;;/h5-14H,1-4H3;(H,5,6);1H3;/q;;-1;+2/p-1. The molecule has 0 spiro atoms. The second kappa shape index (κ2) is 14.8. The van der Waals surface area contributed by atoms with Crippen molar-refractivity contribution in [1.29, 1.82) is 0 Å². The van der Waals surface area contributed by atoms with Crippen LogP contribution in [0.25, 0.3) is 0 Å². The molecule has 1 aromatic heterocycles. The Labute approximate surface area is 216 Å². The van der Waals surface area contributed by atoms with Gasteiger partial charge in [-0.05, 0) is 63.1 Å². The first kappa shape index (κ1) is 32.4. The number of furan rings is 1. The number of nitrogens with zero attached hydrogens (tertiary/aromatic N) is 2. The Bertz CT molecular complexity index is 1100. The van der Waals surface area contributed by atoms with Gasteiger partial charge in [-0.3, -0.25) is 0 Å². The van der Waals surface area contributed by atoms with Crippen molar-refractivity contribution in [3.63, 3.8) is 0 Å². The van der Waals surface area contributed by atoms with E-state index in [4.69, 9.17) is 13.2 Å². The maximum Gasteiger partial charge on any atom is 2.00 e. The molecule has 0 aliphatic rings. The topological polar surface area (TPSA) is 87.2 Å². The average Bonchev–Trinajstić information content (AvgIpc) is 3.21. The van der Waals surface area contributed by atoms with Crippen molar-refractivity contribution in [3.8, 4) is 0 Å². The molecule has 0 aliphatic carbocycles. The van der Waals surface area contributed by atoms with E-state index in [1.165, 1.54) is 0 Å². The third kappa shape index (κ3) is 11.1. The van der Waals surface area contributed by atoms with Crippen LogP contribution < -0.4 is 0 Å². The average molecular weight is 550 g/mol. The Morgan fingerprint density at radius 2 is 1.23 bits per heavy atom. The van der Waals surface area contributed by atoms with Crippen LogP contribution in [0.2, 0.25) is 0 Å². The summed E-state index contributed by atoms with van der Waals surface area (Å²) in [4.78, 5) is 9.37. The molecule has 2 aromatic carbocycles. The van der Waals surface area contributed by atoms with E-state index in [1.807, 2.05) is 62.4 Å². The number of hydrogen-bond acceptors (Lipinski definition) is 6. The van der Waals surface area contributed by atoms with E-state index in [0.717, 1.165) is 45.4 Å². The van der Waals surface area contributed by atoms with E-state index in [0.29, 0.717) is 0 Å². The van der Waals surface area contributed by atoms with E-state index in [1.54, 1.807) is 0 Å². The molecule has 1 unspecified atom stereocenters. The molecular weight excluding hydrogens is 525 g/mol. The predicted octanol–water partition coefficient (Wildman–Crippen LogP) is 6.94. The van der Waals surface area contributed by atoms with Gasteiger partial charge in [0.25, 0.3) is 0 Å². The zero-order valence-electron chi connectivity index (χ0n) is 19.7. The van der Waals surface area contributed by atoms with E-state index < -0.39 is 17.7 Å². The fraction of sp³-hybridized carbons (Fsp3) is 0.208. The Hall–Kier alpha value is -2.56. The maximum atomic E-state index is 10.7. The second-order valence-corrected chi connectivity index (χ2v) is 7.44. The molecule has 0 N–H and O–H groups in total. The van der Waals surface area contributed by atoms with Crippen molar-refractivity contribution in [2.45, 2.75) is 34.1 Å². The molecular formula is C24H25F3FeN2O4S. The van der Waals surface area contributed by atoms with Crippen LogP contribution in [0.3, 0.4) is 0 Å². The van der Waals surface area contributed by atoms with E-state index in [2.05, 4.69) is 40.1 Å². The van der Waals surface area contributed by atoms with Crippen LogP contribution in [-0.4, -0.2) is 26.5 Å². The third-order valence-corrected chi connectivity index (χ3v) is 4.61. The first-order chi connectivity index (χ1) is 15.5. The summed E-state index contributed by atoms with van der Waals surface area (Å²) in [6.45, 7) is 8.03. The Morgan fingerprint density at radius 1 is 0.857 bits per heavy atom. The SMILES string of the molecule is CC(=Nc1ccccc1C)c1ccc(C(C)=Nc2ccccc2C)o1.O=S([O-])OC(F)(F)F.[CH3-].[Fe+2]. The molecule has 0 aliphatic heterocycles. The molecule has 11 heteroatoms. The first-order valence-corrected chi connectivity index (χ1v) is 10.6. The maximum absolute atomic E-state index is 10.7. The van der Waals surface area contributed by atoms with Crippen LogP contribution in [0.1, 0.15) is 36.5 Å². The summed E-state index contributed by atoms with van der Waals surface area (Å²) in [7, 11) is 0. The van der Waals surface area contributed by atoms with E-state index in [9.17, 15) is 13.2 Å². The number of hydrogen-bond donors (Lipinski definition) is 0. The molecule has 0 amide bonds. The van der Waals surface area contributed by atoms with Crippen molar-refractivity contribution in [2.24, 2.45) is 9.98 Å². The van der Waals surface area contributed by atoms with Crippen LogP contribution in [0.5, 0.6) is 0 Å². The Balaban J connectivity index is 0.00000101. The second-order valence-electron chi connectivity index (χ2n) is 6.86. The smallest absolute Gasteiger partial charge is 0.750 e. The quantitative estimate of drug-likeness (QED) is 0.149. The molecule has 6 nitrogen and oxygen atoms in total. The van der Waals surface area contributed by atoms with Gasteiger partial charge in [0.2, 0.25) is 0 Å². The van der Waals surface area contributed by atoms with Crippen molar-refractivity contribution < 1.29 is 47.6 Å². The molecule has 0 radical (unpaired) electrons. The predicted molar refractivity (Wildman–Crippen MR) is 127 cm³/mol.